The summed E-state index contributed by atoms with van der Waals surface area (Å²) in [4.78, 5) is 21.8. The van der Waals surface area contributed by atoms with Crippen LogP contribution in [0, 0.1) is 0 Å². The number of aliphatic hydroxyl groups excluding tert-OH is 1. The summed E-state index contributed by atoms with van der Waals surface area (Å²) < 4.78 is 9.62. The predicted octanol–water partition coefficient (Wildman–Crippen LogP) is 0.898. The summed E-state index contributed by atoms with van der Waals surface area (Å²) in [5.41, 5.74) is 0. The van der Waals surface area contributed by atoms with E-state index < -0.39 is 18.0 Å². The van der Waals surface area contributed by atoms with Gasteiger partial charge in [-0.25, -0.2) is 4.79 Å². The molecule has 1 rings (SSSR count). The Hall–Kier alpha value is -1.88. The minimum absolute atomic E-state index is 0.213. The number of carbonyl (C=O) groups is 2. The molecule has 0 aromatic heterocycles. The number of ether oxygens (including phenoxy) is 2. The van der Waals surface area contributed by atoms with Crippen LogP contribution in [-0.4, -0.2) is 23.1 Å². The number of rotatable bonds is 3. The van der Waals surface area contributed by atoms with E-state index in [-0.39, 0.29) is 11.5 Å². The van der Waals surface area contributed by atoms with E-state index in [0.717, 1.165) is 0 Å². The molecule has 0 saturated carbocycles. The minimum atomic E-state index is -1.20. The molecule has 0 aliphatic rings. The lowest BCUT2D eigenvalue weighted by molar-refractivity contribution is -0.142. The third kappa shape index (κ3) is 3.70. The molecule has 0 aliphatic heterocycles. The monoisotopic (exact) mass is 224 g/mol. The van der Waals surface area contributed by atoms with Crippen LogP contribution >= 0.6 is 0 Å². The van der Waals surface area contributed by atoms with Crippen LogP contribution in [0.25, 0.3) is 0 Å². The van der Waals surface area contributed by atoms with Crippen molar-refractivity contribution in [2.75, 3.05) is 0 Å². The third-order valence-corrected chi connectivity index (χ3v) is 1.63. The molecular formula is C11H12O5. The van der Waals surface area contributed by atoms with Crippen molar-refractivity contribution in [3.05, 3.63) is 24.3 Å². The lowest BCUT2D eigenvalue weighted by Crippen LogP contribution is -2.22. The molecule has 0 fully saturated rings. The molecule has 1 aromatic carbocycles. The number of hydrogen-bond donors (Lipinski definition) is 1. The molecule has 1 N–H and O–H groups in total. The minimum Gasteiger partial charge on any atom is -0.427 e. The van der Waals surface area contributed by atoms with Gasteiger partial charge in [0.25, 0.3) is 0 Å². The maximum Gasteiger partial charge on any atom is 0.340 e. The highest BCUT2D eigenvalue weighted by Crippen LogP contribution is 2.19. The Morgan fingerprint density at radius 1 is 1.25 bits per heavy atom. The van der Waals surface area contributed by atoms with Crippen LogP contribution in [0.1, 0.15) is 13.8 Å². The topological polar surface area (TPSA) is 72.8 Å². The largest absolute Gasteiger partial charge is 0.427 e. The summed E-state index contributed by atoms with van der Waals surface area (Å²) >= 11 is 0. The van der Waals surface area contributed by atoms with Crippen molar-refractivity contribution in [3.8, 4) is 11.5 Å². The zero-order chi connectivity index (χ0) is 12.1. The van der Waals surface area contributed by atoms with Gasteiger partial charge in [-0.15, -0.1) is 0 Å². The van der Waals surface area contributed by atoms with Crippen LogP contribution in [-0.2, 0) is 9.59 Å². The van der Waals surface area contributed by atoms with Gasteiger partial charge in [-0.05, 0) is 19.1 Å². The van der Waals surface area contributed by atoms with E-state index in [1.165, 1.54) is 26.0 Å². The predicted molar refractivity (Wildman–Crippen MR) is 55.1 cm³/mol. The molecule has 0 aliphatic carbocycles. The zero-order valence-electron chi connectivity index (χ0n) is 8.97. The van der Waals surface area contributed by atoms with Gasteiger partial charge in [-0.1, -0.05) is 6.07 Å². The Morgan fingerprint density at radius 2 is 1.81 bits per heavy atom. The first-order chi connectivity index (χ1) is 7.49. The van der Waals surface area contributed by atoms with Crippen molar-refractivity contribution in [3.63, 3.8) is 0 Å². The van der Waals surface area contributed by atoms with Gasteiger partial charge in [0.05, 0.1) is 0 Å². The van der Waals surface area contributed by atoms with E-state index in [2.05, 4.69) is 0 Å². The molecule has 0 spiro atoms. The van der Waals surface area contributed by atoms with Gasteiger partial charge in [0, 0.05) is 13.0 Å². The molecule has 5 heteroatoms. The average Bonchev–Trinajstić information content (AvgIpc) is 2.16. The molecule has 1 unspecified atom stereocenters. The molecule has 16 heavy (non-hydrogen) atoms. The second-order valence-electron chi connectivity index (χ2n) is 3.17. The fourth-order valence-corrected chi connectivity index (χ4v) is 0.969. The average molecular weight is 224 g/mol. The van der Waals surface area contributed by atoms with Gasteiger partial charge in [0.2, 0.25) is 0 Å². The molecule has 0 bridgehead atoms. The molecule has 1 aromatic rings. The summed E-state index contributed by atoms with van der Waals surface area (Å²) in [5, 5.41) is 8.94. The number of carbonyl (C=O) groups excluding carboxylic acids is 2. The Morgan fingerprint density at radius 3 is 2.31 bits per heavy atom. The van der Waals surface area contributed by atoms with Crippen molar-refractivity contribution in [1.29, 1.82) is 0 Å². The summed E-state index contributed by atoms with van der Waals surface area (Å²) in [7, 11) is 0. The van der Waals surface area contributed by atoms with Crippen LogP contribution < -0.4 is 9.47 Å². The van der Waals surface area contributed by atoms with Crippen molar-refractivity contribution >= 4 is 11.9 Å². The fraction of sp³-hybridized carbons (Fsp3) is 0.273. The molecule has 0 radical (unpaired) electrons. The second-order valence-corrected chi connectivity index (χ2v) is 3.17. The maximum absolute atomic E-state index is 11.1. The highest BCUT2D eigenvalue weighted by atomic mass is 16.6. The van der Waals surface area contributed by atoms with Crippen molar-refractivity contribution in [1.82, 2.24) is 0 Å². The maximum atomic E-state index is 11.1. The van der Waals surface area contributed by atoms with E-state index in [9.17, 15) is 9.59 Å². The first-order valence-electron chi connectivity index (χ1n) is 4.67. The van der Waals surface area contributed by atoms with Gasteiger partial charge in [0.1, 0.15) is 17.6 Å². The standard InChI is InChI=1S/C11H12O5/c1-7(12)11(14)16-10-5-3-4-9(6-10)15-8(2)13/h3-7,12H,1-2H3. The summed E-state index contributed by atoms with van der Waals surface area (Å²) in [5.74, 6) is -0.730. The Kier molecular flexibility index (Phi) is 4.02. The Bertz CT molecular complexity index is 397. The van der Waals surface area contributed by atoms with Crippen molar-refractivity contribution < 1.29 is 24.2 Å². The van der Waals surface area contributed by atoms with Gasteiger partial charge in [0.15, 0.2) is 0 Å². The summed E-state index contributed by atoms with van der Waals surface area (Å²) in [6.07, 6.45) is -1.20. The van der Waals surface area contributed by atoms with E-state index in [1.54, 1.807) is 12.1 Å². The van der Waals surface area contributed by atoms with Crippen LogP contribution in [0.4, 0.5) is 0 Å². The number of esters is 2. The Labute approximate surface area is 92.6 Å². The van der Waals surface area contributed by atoms with E-state index in [4.69, 9.17) is 14.6 Å². The lowest BCUT2D eigenvalue weighted by Gasteiger charge is -2.07. The molecular weight excluding hydrogens is 212 g/mol. The number of aliphatic hydroxyl groups is 1. The number of benzene rings is 1. The molecule has 5 nitrogen and oxygen atoms in total. The Balaban J connectivity index is 2.74. The smallest absolute Gasteiger partial charge is 0.340 e. The SMILES string of the molecule is CC(=O)Oc1cccc(OC(=O)C(C)O)c1. The quantitative estimate of drug-likeness (QED) is 0.610. The zero-order valence-corrected chi connectivity index (χ0v) is 8.97. The molecule has 0 saturated heterocycles. The van der Waals surface area contributed by atoms with Crippen LogP contribution in [0.15, 0.2) is 24.3 Å². The van der Waals surface area contributed by atoms with Crippen LogP contribution in [0.3, 0.4) is 0 Å². The van der Waals surface area contributed by atoms with E-state index >= 15 is 0 Å². The van der Waals surface area contributed by atoms with E-state index in [0.29, 0.717) is 0 Å². The molecule has 0 heterocycles. The van der Waals surface area contributed by atoms with Gasteiger partial charge < -0.3 is 14.6 Å². The molecule has 1 atom stereocenters. The normalized spacial score (nSPS) is 11.7. The molecule has 86 valence electrons. The van der Waals surface area contributed by atoms with Crippen LogP contribution in [0.2, 0.25) is 0 Å². The molecule has 0 amide bonds. The first-order valence-corrected chi connectivity index (χ1v) is 4.67. The first kappa shape index (κ1) is 12.2. The summed E-state index contributed by atoms with van der Waals surface area (Å²) in [6, 6.07) is 6.04. The number of hydrogen-bond acceptors (Lipinski definition) is 5. The highest BCUT2D eigenvalue weighted by molar-refractivity contribution is 5.76. The second kappa shape index (κ2) is 5.27. The lowest BCUT2D eigenvalue weighted by atomic mass is 10.3. The van der Waals surface area contributed by atoms with Crippen LogP contribution in [0.5, 0.6) is 11.5 Å². The van der Waals surface area contributed by atoms with E-state index in [1.807, 2.05) is 0 Å². The van der Waals surface area contributed by atoms with Crippen molar-refractivity contribution in [2.24, 2.45) is 0 Å². The van der Waals surface area contributed by atoms with Gasteiger partial charge in [-0.3, -0.25) is 4.79 Å². The highest BCUT2D eigenvalue weighted by Gasteiger charge is 2.11. The van der Waals surface area contributed by atoms with Crippen molar-refractivity contribution in [2.45, 2.75) is 20.0 Å². The van der Waals surface area contributed by atoms with Gasteiger partial charge in [-0.2, -0.15) is 0 Å². The third-order valence-electron chi connectivity index (χ3n) is 1.63. The summed E-state index contributed by atoms with van der Waals surface area (Å²) in [6.45, 7) is 2.58. The van der Waals surface area contributed by atoms with Gasteiger partial charge >= 0.3 is 11.9 Å². The fourth-order valence-electron chi connectivity index (χ4n) is 0.969.